The molecule has 21 heavy (non-hydrogen) atoms. The number of nitrogens with two attached hydrogens (primary N) is 1. The number of benzene rings is 1. The normalized spacial score (nSPS) is 13.0. The zero-order chi connectivity index (χ0) is 16.2. The highest BCUT2D eigenvalue weighted by Crippen LogP contribution is 2.33. The van der Waals surface area contributed by atoms with Gasteiger partial charge in [0.1, 0.15) is 5.67 Å². The molecule has 4 heteroatoms. The van der Waals surface area contributed by atoms with Crippen LogP contribution in [0.5, 0.6) is 0 Å². The molecule has 3 nitrogen and oxygen atoms in total. The van der Waals surface area contributed by atoms with Gasteiger partial charge in [0.2, 0.25) is 0 Å². The van der Waals surface area contributed by atoms with Gasteiger partial charge in [-0.25, -0.2) is 4.39 Å². The van der Waals surface area contributed by atoms with E-state index in [1.165, 1.54) is 13.8 Å². The molecule has 0 saturated heterocycles. The number of nitrogen functional groups attached to an aromatic ring is 1. The van der Waals surface area contributed by atoms with Crippen molar-refractivity contribution in [2.45, 2.75) is 33.4 Å². The average molecular weight is 285 g/mol. The number of rotatable bonds is 4. The van der Waals surface area contributed by atoms with Gasteiger partial charge in [0.15, 0.2) is 0 Å². The van der Waals surface area contributed by atoms with E-state index in [0.717, 1.165) is 0 Å². The number of hydrogen-bond acceptors (Lipinski definition) is 3. The van der Waals surface area contributed by atoms with Gasteiger partial charge in [-0.05, 0) is 51.0 Å². The minimum absolute atomic E-state index is 0.305. The molecule has 0 radical (unpaired) electrons. The molecule has 1 aromatic carbocycles. The van der Waals surface area contributed by atoms with Crippen molar-refractivity contribution in [1.82, 2.24) is 0 Å². The van der Waals surface area contributed by atoms with E-state index in [1.807, 2.05) is 6.07 Å². The summed E-state index contributed by atoms with van der Waals surface area (Å²) in [7, 11) is 0. The summed E-state index contributed by atoms with van der Waals surface area (Å²) in [5, 5.41) is 9.00. The molecular weight excluding hydrogens is 265 g/mol. The maximum Gasteiger partial charge on any atom is 0.130 e. The molecule has 0 aliphatic carbocycles. The van der Waals surface area contributed by atoms with E-state index in [4.69, 9.17) is 11.0 Å². The highest BCUT2D eigenvalue weighted by molar-refractivity contribution is 5.83. The number of hydrogen-bond donors (Lipinski definition) is 1. The highest BCUT2D eigenvalue weighted by atomic mass is 19.1. The first-order valence-corrected chi connectivity index (χ1v) is 6.60. The smallest absolute Gasteiger partial charge is 0.130 e. The minimum Gasteiger partial charge on any atom is -0.398 e. The second-order valence-corrected chi connectivity index (χ2v) is 5.23. The topological polar surface area (TPSA) is 62.2 Å². The largest absolute Gasteiger partial charge is 0.398 e. The van der Waals surface area contributed by atoms with E-state index >= 15 is 0 Å². The molecule has 1 aromatic rings. The molecule has 0 fully saturated rings. The Morgan fingerprint density at radius 1 is 1.48 bits per heavy atom. The lowest BCUT2D eigenvalue weighted by Crippen LogP contribution is -2.10. The molecule has 0 saturated carbocycles. The minimum atomic E-state index is -1.48. The van der Waals surface area contributed by atoms with E-state index in [2.05, 4.69) is 11.6 Å². The summed E-state index contributed by atoms with van der Waals surface area (Å²) in [6.07, 6.45) is 1.61. The molecule has 0 aromatic heterocycles. The predicted octanol–water partition coefficient (Wildman–Crippen LogP) is 4.37. The molecular formula is C17H20FN3. The van der Waals surface area contributed by atoms with Crippen molar-refractivity contribution < 1.29 is 4.39 Å². The van der Waals surface area contributed by atoms with E-state index in [-0.39, 0.29) is 0 Å². The van der Waals surface area contributed by atoms with Crippen molar-refractivity contribution in [3.8, 4) is 6.07 Å². The third-order valence-corrected chi connectivity index (χ3v) is 3.20. The number of nitrogens with zero attached hydrogens (tertiary/aromatic N) is 2. The molecule has 0 bridgehead atoms. The Morgan fingerprint density at radius 2 is 2.10 bits per heavy atom. The summed E-state index contributed by atoms with van der Waals surface area (Å²) >= 11 is 0. The van der Waals surface area contributed by atoms with E-state index in [1.54, 1.807) is 38.3 Å². The molecule has 0 spiro atoms. The third-order valence-electron chi connectivity index (χ3n) is 3.20. The number of halogens is 1. The van der Waals surface area contributed by atoms with Gasteiger partial charge >= 0.3 is 0 Å². The van der Waals surface area contributed by atoms with Gasteiger partial charge < -0.3 is 5.73 Å². The second-order valence-electron chi connectivity index (χ2n) is 5.23. The molecule has 1 rings (SSSR count). The summed E-state index contributed by atoms with van der Waals surface area (Å²) in [4.78, 5) is 4.29. The lowest BCUT2D eigenvalue weighted by atomic mass is 9.94. The summed E-state index contributed by atoms with van der Waals surface area (Å²) in [6.45, 7) is 10.2. The Hall–Kier alpha value is -2.41. The molecule has 0 heterocycles. The molecule has 2 N–H and O–H groups in total. The lowest BCUT2D eigenvalue weighted by Gasteiger charge is -2.18. The number of anilines is 1. The number of aliphatic imine (C=N–C) groups is 1. The monoisotopic (exact) mass is 285 g/mol. The van der Waals surface area contributed by atoms with Crippen molar-refractivity contribution in [3.63, 3.8) is 0 Å². The molecule has 0 aliphatic rings. The van der Waals surface area contributed by atoms with Crippen LogP contribution in [0.1, 0.15) is 38.8 Å². The Kier molecular flexibility index (Phi) is 5.04. The number of allylic oxidation sites excluding steroid dienone is 2. The van der Waals surface area contributed by atoms with Crippen LogP contribution in [0.15, 0.2) is 40.9 Å². The van der Waals surface area contributed by atoms with Crippen LogP contribution in [0, 0.1) is 11.3 Å². The molecule has 0 unspecified atom stereocenters. The fourth-order valence-electron chi connectivity index (χ4n) is 1.86. The van der Waals surface area contributed by atoms with Crippen molar-refractivity contribution in [1.29, 1.82) is 5.26 Å². The Balaban J connectivity index is 3.61. The predicted molar refractivity (Wildman–Crippen MR) is 86.5 cm³/mol. The third kappa shape index (κ3) is 3.79. The van der Waals surface area contributed by atoms with Crippen LogP contribution < -0.4 is 5.73 Å². The van der Waals surface area contributed by atoms with Crippen LogP contribution in [0.25, 0.3) is 5.70 Å². The van der Waals surface area contributed by atoms with Gasteiger partial charge in [0.25, 0.3) is 0 Å². The van der Waals surface area contributed by atoms with E-state index in [9.17, 15) is 4.39 Å². The van der Waals surface area contributed by atoms with Gasteiger partial charge in [-0.3, -0.25) is 4.99 Å². The first-order valence-electron chi connectivity index (χ1n) is 6.60. The van der Waals surface area contributed by atoms with Crippen LogP contribution in [-0.4, -0.2) is 6.21 Å². The SMILES string of the molecule is C=C(C#N)/C(C)=C(\N=CC)c1cc(C(C)(C)F)ccc1N. The quantitative estimate of drug-likeness (QED) is 0.386. The fraction of sp³-hybridized carbons (Fsp3) is 0.294. The first-order chi connectivity index (χ1) is 9.72. The Labute approximate surface area is 125 Å². The van der Waals surface area contributed by atoms with Gasteiger partial charge in [-0.1, -0.05) is 12.6 Å². The zero-order valence-electron chi connectivity index (χ0n) is 12.9. The summed E-state index contributed by atoms with van der Waals surface area (Å²) in [5.41, 5.74) is 7.57. The van der Waals surface area contributed by atoms with Crippen molar-refractivity contribution >= 4 is 17.6 Å². The fourth-order valence-corrected chi connectivity index (χ4v) is 1.86. The van der Waals surface area contributed by atoms with Gasteiger partial charge in [0, 0.05) is 23.0 Å². The molecule has 0 amide bonds. The lowest BCUT2D eigenvalue weighted by molar-refractivity contribution is 0.221. The van der Waals surface area contributed by atoms with Crippen molar-refractivity contribution in [2.24, 2.45) is 4.99 Å². The van der Waals surface area contributed by atoms with Crippen LogP contribution in [0.3, 0.4) is 0 Å². The maximum atomic E-state index is 14.1. The standard InChI is InChI=1S/C17H20FN3/c1-6-21-16(12(3)11(2)10-19)14-9-13(17(4,5)18)7-8-15(14)20/h6-9H,2,20H2,1,3-5H3/b16-12-,21-6?. The summed E-state index contributed by atoms with van der Waals surface area (Å²) in [5.74, 6) is 0. The van der Waals surface area contributed by atoms with E-state index < -0.39 is 5.67 Å². The second kappa shape index (κ2) is 6.36. The Morgan fingerprint density at radius 3 is 2.57 bits per heavy atom. The number of nitriles is 1. The van der Waals surface area contributed by atoms with Gasteiger partial charge in [-0.15, -0.1) is 0 Å². The summed E-state index contributed by atoms with van der Waals surface area (Å²) < 4.78 is 14.1. The van der Waals surface area contributed by atoms with Crippen LogP contribution >= 0.6 is 0 Å². The average Bonchev–Trinajstić information content (AvgIpc) is 2.42. The Bertz CT molecular complexity index is 656. The zero-order valence-corrected chi connectivity index (χ0v) is 12.9. The van der Waals surface area contributed by atoms with Crippen LogP contribution in [0.4, 0.5) is 10.1 Å². The van der Waals surface area contributed by atoms with Gasteiger partial charge in [0.05, 0.1) is 11.8 Å². The van der Waals surface area contributed by atoms with Crippen molar-refractivity contribution in [3.05, 3.63) is 47.1 Å². The van der Waals surface area contributed by atoms with Crippen LogP contribution in [0.2, 0.25) is 0 Å². The van der Waals surface area contributed by atoms with E-state index in [0.29, 0.717) is 33.7 Å². The highest BCUT2D eigenvalue weighted by Gasteiger charge is 2.21. The maximum absolute atomic E-state index is 14.1. The number of alkyl halides is 1. The van der Waals surface area contributed by atoms with Gasteiger partial charge in [-0.2, -0.15) is 5.26 Å². The van der Waals surface area contributed by atoms with Crippen LogP contribution in [-0.2, 0) is 5.67 Å². The molecule has 0 aliphatic heterocycles. The summed E-state index contributed by atoms with van der Waals surface area (Å²) in [6, 6.07) is 6.97. The first kappa shape index (κ1) is 16.6. The van der Waals surface area contributed by atoms with Crippen molar-refractivity contribution in [2.75, 3.05) is 5.73 Å². The molecule has 110 valence electrons. The molecule has 0 atom stereocenters.